The third kappa shape index (κ3) is 1.02. The van der Waals surface area contributed by atoms with Crippen LogP contribution in [0.5, 0.6) is 0 Å². The van der Waals surface area contributed by atoms with Crippen molar-refractivity contribution < 1.29 is 19.4 Å². The van der Waals surface area contributed by atoms with Gasteiger partial charge in [-0.05, 0) is 6.42 Å². The standard InChI is InChI=1S/C6H7ClO4/c7-2-1-3-4(8)5(9)11-6(2)10-3/h2-4,6,8H,1H2/t2-,3-,4-,6-/m0/s1. The second-order valence-electron chi connectivity index (χ2n) is 2.68. The first-order chi connectivity index (χ1) is 5.18. The number of aliphatic hydroxyl groups excluding tert-OH is 1. The number of alkyl halides is 1. The van der Waals surface area contributed by atoms with Crippen molar-refractivity contribution in [2.24, 2.45) is 0 Å². The molecular formula is C6H7ClO4. The minimum absolute atomic E-state index is 0.318. The van der Waals surface area contributed by atoms with Crippen LogP contribution < -0.4 is 0 Å². The van der Waals surface area contributed by atoms with Crippen molar-refractivity contribution in [3.8, 4) is 0 Å². The maximum absolute atomic E-state index is 10.8. The van der Waals surface area contributed by atoms with E-state index in [-0.39, 0.29) is 5.38 Å². The van der Waals surface area contributed by atoms with Crippen molar-refractivity contribution in [1.29, 1.82) is 0 Å². The lowest BCUT2D eigenvalue weighted by Crippen LogP contribution is -2.42. The first kappa shape index (κ1) is 7.34. The summed E-state index contributed by atoms with van der Waals surface area (Å²) in [6.45, 7) is 0. The molecule has 11 heavy (non-hydrogen) atoms. The topological polar surface area (TPSA) is 55.8 Å². The fourth-order valence-electron chi connectivity index (χ4n) is 1.29. The van der Waals surface area contributed by atoms with E-state index in [9.17, 15) is 4.79 Å². The summed E-state index contributed by atoms with van der Waals surface area (Å²) in [6, 6.07) is 0. The number of carbonyl (C=O) groups is 1. The van der Waals surface area contributed by atoms with E-state index in [1.165, 1.54) is 0 Å². The summed E-state index contributed by atoms with van der Waals surface area (Å²) in [5.41, 5.74) is 0. The lowest BCUT2D eigenvalue weighted by atomic mass is 10.1. The fraction of sp³-hybridized carbons (Fsp3) is 0.833. The van der Waals surface area contributed by atoms with Crippen molar-refractivity contribution in [2.45, 2.75) is 30.3 Å². The summed E-state index contributed by atoms with van der Waals surface area (Å²) in [6.07, 6.45) is -1.81. The van der Waals surface area contributed by atoms with Gasteiger partial charge in [-0.25, -0.2) is 4.79 Å². The van der Waals surface area contributed by atoms with Crippen molar-refractivity contribution in [3.05, 3.63) is 0 Å². The van der Waals surface area contributed by atoms with Crippen molar-refractivity contribution in [3.63, 3.8) is 0 Å². The third-order valence-electron chi connectivity index (χ3n) is 1.89. The van der Waals surface area contributed by atoms with E-state index in [0.29, 0.717) is 6.42 Å². The Morgan fingerprint density at radius 1 is 1.64 bits per heavy atom. The number of halogens is 1. The second kappa shape index (κ2) is 2.33. The van der Waals surface area contributed by atoms with Gasteiger partial charge in [0.1, 0.15) is 6.10 Å². The Labute approximate surface area is 68.0 Å². The minimum Gasteiger partial charge on any atom is -0.432 e. The lowest BCUT2D eigenvalue weighted by molar-refractivity contribution is -0.217. The summed E-state index contributed by atoms with van der Waals surface area (Å²) >= 11 is 5.73. The van der Waals surface area contributed by atoms with Crippen molar-refractivity contribution >= 4 is 17.6 Å². The van der Waals surface area contributed by atoms with Gasteiger partial charge in [-0.1, -0.05) is 0 Å². The molecule has 2 bridgehead atoms. The maximum Gasteiger partial charge on any atom is 0.340 e. The fourth-order valence-corrected chi connectivity index (χ4v) is 1.57. The number of ether oxygens (including phenoxy) is 2. The minimum atomic E-state index is -1.16. The quantitative estimate of drug-likeness (QED) is 0.406. The number of hydrogen-bond acceptors (Lipinski definition) is 4. The highest BCUT2D eigenvalue weighted by Crippen LogP contribution is 2.32. The molecule has 0 aliphatic carbocycles. The van der Waals surface area contributed by atoms with Crippen LogP contribution in [0.25, 0.3) is 0 Å². The smallest absolute Gasteiger partial charge is 0.340 e. The molecule has 5 heteroatoms. The Hall–Kier alpha value is -0.320. The van der Waals surface area contributed by atoms with Gasteiger partial charge in [-0.3, -0.25) is 0 Å². The van der Waals surface area contributed by atoms with E-state index in [0.717, 1.165) is 0 Å². The first-order valence-electron chi connectivity index (χ1n) is 3.36. The normalized spacial score (nSPS) is 49.1. The van der Waals surface area contributed by atoms with Crippen LogP contribution in [0.2, 0.25) is 0 Å². The Morgan fingerprint density at radius 3 is 3.09 bits per heavy atom. The van der Waals surface area contributed by atoms with Crippen LogP contribution in [0.15, 0.2) is 0 Å². The number of fused-ring (bicyclic) bond motifs is 2. The SMILES string of the molecule is O=C1O[C@@H]2O[C@@H](C[C@@H]2Cl)[C@@H]1O. The second-order valence-corrected chi connectivity index (χ2v) is 3.24. The molecule has 1 N–H and O–H groups in total. The van der Waals surface area contributed by atoms with Gasteiger partial charge in [-0.2, -0.15) is 0 Å². The maximum atomic E-state index is 10.8. The van der Waals surface area contributed by atoms with Crippen LogP contribution in [0, 0.1) is 0 Å². The molecule has 0 amide bonds. The molecule has 4 nitrogen and oxygen atoms in total. The summed E-state index contributed by atoms with van der Waals surface area (Å²) < 4.78 is 9.73. The van der Waals surface area contributed by atoms with Crippen LogP contribution in [0.1, 0.15) is 6.42 Å². The van der Waals surface area contributed by atoms with Gasteiger partial charge >= 0.3 is 5.97 Å². The molecule has 2 fully saturated rings. The Bertz CT molecular complexity index is 193. The molecule has 0 aromatic rings. The van der Waals surface area contributed by atoms with Crippen molar-refractivity contribution in [2.75, 3.05) is 0 Å². The number of carbonyl (C=O) groups excluding carboxylic acids is 1. The van der Waals surface area contributed by atoms with Gasteiger partial charge < -0.3 is 14.6 Å². The van der Waals surface area contributed by atoms with E-state index in [4.69, 9.17) is 21.4 Å². The monoisotopic (exact) mass is 178 g/mol. The molecule has 0 aromatic carbocycles. The number of esters is 1. The molecule has 2 aliphatic heterocycles. The molecule has 0 unspecified atom stereocenters. The molecule has 2 saturated heterocycles. The zero-order chi connectivity index (χ0) is 8.01. The van der Waals surface area contributed by atoms with Crippen LogP contribution in [-0.4, -0.2) is 35.0 Å². The molecular weight excluding hydrogens is 172 g/mol. The van der Waals surface area contributed by atoms with E-state index in [1.54, 1.807) is 0 Å². The highest BCUT2D eigenvalue weighted by molar-refractivity contribution is 6.21. The molecule has 2 aliphatic rings. The van der Waals surface area contributed by atoms with Crippen LogP contribution in [0.3, 0.4) is 0 Å². The first-order valence-corrected chi connectivity index (χ1v) is 3.80. The van der Waals surface area contributed by atoms with Gasteiger partial charge in [0.25, 0.3) is 0 Å². The van der Waals surface area contributed by atoms with Gasteiger partial charge in [0.05, 0.1) is 5.38 Å². The summed E-state index contributed by atoms with van der Waals surface area (Å²) in [7, 11) is 0. The predicted molar refractivity (Wildman–Crippen MR) is 35.0 cm³/mol. The van der Waals surface area contributed by atoms with E-state index < -0.39 is 24.5 Å². The van der Waals surface area contributed by atoms with E-state index in [1.807, 2.05) is 0 Å². The predicted octanol–water partition coefficient (Wildman–Crippen LogP) is -0.373. The highest BCUT2D eigenvalue weighted by atomic mass is 35.5. The van der Waals surface area contributed by atoms with Crippen LogP contribution in [0.4, 0.5) is 0 Å². The van der Waals surface area contributed by atoms with Crippen molar-refractivity contribution in [1.82, 2.24) is 0 Å². The highest BCUT2D eigenvalue weighted by Gasteiger charge is 2.48. The number of rotatable bonds is 0. The summed E-state index contributed by atoms with van der Waals surface area (Å²) in [5.74, 6) is -0.630. The lowest BCUT2D eigenvalue weighted by Gasteiger charge is -2.24. The van der Waals surface area contributed by atoms with E-state index in [2.05, 4.69) is 4.74 Å². The van der Waals surface area contributed by atoms with Gasteiger partial charge in [0.2, 0.25) is 6.29 Å². The molecule has 4 atom stereocenters. The molecule has 2 heterocycles. The van der Waals surface area contributed by atoms with Crippen LogP contribution >= 0.6 is 11.6 Å². The summed E-state index contributed by atoms with van der Waals surface area (Å²) in [5, 5.41) is 8.81. The average molecular weight is 179 g/mol. The van der Waals surface area contributed by atoms with Gasteiger partial charge in [0.15, 0.2) is 6.10 Å². The molecule has 0 saturated carbocycles. The third-order valence-corrected chi connectivity index (χ3v) is 2.27. The number of hydrogen-bond donors (Lipinski definition) is 1. The molecule has 62 valence electrons. The number of aliphatic hydroxyl groups is 1. The molecule has 2 rings (SSSR count). The Balaban J connectivity index is 2.18. The molecule has 0 radical (unpaired) electrons. The Kier molecular flexibility index (Phi) is 1.56. The molecule has 0 spiro atoms. The van der Waals surface area contributed by atoms with Gasteiger partial charge in [-0.15, -0.1) is 11.6 Å². The van der Waals surface area contributed by atoms with Gasteiger partial charge in [0, 0.05) is 0 Å². The zero-order valence-corrected chi connectivity index (χ0v) is 6.32. The van der Waals surface area contributed by atoms with Crippen LogP contribution in [-0.2, 0) is 14.3 Å². The largest absolute Gasteiger partial charge is 0.432 e. The summed E-state index contributed by atoms with van der Waals surface area (Å²) in [4.78, 5) is 10.8. The zero-order valence-electron chi connectivity index (χ0n) is 5.57. The average Bonchev–Trinajstić information content (AvgIpc) is 2.26. The Morgan fingerprint density at radius 2 is 2.36 bits per heavy atom. The van der Waals surface area contributed by atoms with E-state index >= 15 is 0 Å². The molecule has 0 aromatic heterocycles.